The average molecular weight is 402 g/mol. The van der Waals surface area contributed by atoms with Gasteiger partial charge in [-0.3, -0.25) is 4.79 Å². The van der Waals surface area contributed by atoms with Crippen molar-refractivity contribution in [1.29, 1.82) is 0 Å². The second kappa shape index (κ2) is 6.99. The Bertz CT molecular complexity index is 1290. The first-order valence-electron chi connectivity index (χ1n) is 9.80. The van der Waals surface area contributed by atoms with Gasteiger partial charge in [0.2, 0.25) is 5.75 Å². The van der Waals surface area contributed by atoms with E-state index in [1.165, 1.54) is 16.3 Å². The zero-order valence-electron chi connectivity index (χ0n) is 17.1. The number of nitrogens with zero attached hydrogens (tertiary/aromatic N) is 1. The number of anilines is 1. The van der Waals surface area contributed by atoms with E-state index in [0.717, 1.165) is 17.5 Å². The van der Waals surface area contributed by atoms with E-state index in [9.17, 15) is 4.79 Å². The lowest BCUT2D eigenvalue weighted by Crippen LogP contribution is -2.29. The summed E-state index contributed by atoms with van der Waals surface area (Å²) in [4.78, 5) is 18.5. The molecule has 1 aromatic heterocycles. The van der Waals surface area contributed by atoms with Crippen LogP contribution in [0.15, 0.2) is 48.5 Å². The van der Waals surface area contributed by atoms with Crippen LogP contribution in [0.5, 0.6) is 17.2 Å². The monoisotopic (exact) mass is 402 g/mol. The quantitative estimate of drug-likeness (QED) is 0.544. The van der Waals surface area contributed by atoms with Crippen LogP contribution in [0.3, 0.4) is 0 Å². The molecule has 1 aliphatic heterocycles. The average Bonchev–Trinajstić information content (AvgIpc) is 3.41. The van der Waals surface area contributed by atoms with Gasteiger partial charge in [-0.2, -0.15) is 0 Å². The first kappa shape index (κ1) is 18.4. The minimum Gasteiger partial charge on any atom is -0.493 e. The third-order valence-electron chi connectivity index (χ3n) is 5.79. The Balaban J connectivity index is 1.59. The Morgan fingerprint density at radius 3 is 2.50 bits per heavy atom. The van der Waals surface area contributed by atoms with Crippen molar-refractivity contribution in [3.8, 4) is 17.2 Å². The number of methoxy groups -OCH3 is 3. The highest BCUT2D eigenvalue weighted by Crippen LogP contribution is 2.43. The standard InChI is InChI=1S/C24H22N2O4/c1-28-20-13-15-12-18(25-21(15)23(30-3)22(20)29-2)24(27)26-11-10-17-16-7-5-4-6-14(16)8-9-19(17)26/h4-9,12-13,25H,10-11H2,1-3H3. The molecule has 0 radical (unpaired) electrons. The molecule has 0 atom stereocenters. The van der Waals surface area contributed by atoms with Crippen LogP contribution < -0.4 is 19.1 Å². The SMILES string of the molecule is COc1cc2cc(C(=O)N3CCc4c3ccc3ccccc43)[nH]c2c(OC)c1OC. The third kappa shape index (κ3) is 2.60. The van der Waals surface area contributed by atoms with E-state index >= 15 is 0 Å². The minimum atomic E-state index is -0.0692. The zero-order chi connectivity index (χ0) is 20.8. The van der Waals surface area contributed by atoms with Crippen LogP contribution in [0.25, 0.3) is 21.7 Å². The molecular formula is C24H22N2O4. The molecule has 5 rings (SSSR count). The second-order valence-electron chi connectivity index (χ2n) is 7.28. The number of benzene rings is 3. The maximum Gasteiger partial charge on any atom is 0.274 e. The first-order valence-corrected chi connectivity index (χ1v) is 9.80. The Morgan fingerprint density at radius 1 is 0.933 bits per heavy atom. The molecule has 152 valence electrons. The second-order valence-corrected chi connectivity index (χ2v) is 7.28. The zero-order valence-corrected chi connectivity index (χ0v) is 17.1. The lowest BCUT2D eigenvalue weighted by molar-refractivity contribution is 0.0985. The van der Waals surface area contributed by atoms with Gasteiger partial charge in [0.1, 0.15) is 5.69 Å². The van der Waals surface area contributed by atoms with Crippen molar-refractivity contribution < 1.29 is 19.0 Å². The lowest BCUT2D eigenvalue weighted by Gasteiger charge is -2.17. The van der Waals surface area contributed by atoms with Crippen molar-refractivity contribution in [1.82, 2.24) is 4.98 Å². The number of carbonyl (C=O) groups excluding carboxylic acids is 1. The molecule has 6 heteroatoms. The van der Waals surface area contributed by atoms with Crippen LogP contribution >= 0.6 is 0 Å². The number of hydrogen-bond donors (Lipinski definition) is 1. The molecule has 3 aromatic carbocycles. The molecule has 4 aromatic rings. The van der Waals surface area contributed by atoms with E-state index in [1.807, 2.05) is 35.2 Å². The molecule has 6 nitrogen and oxygen atoms in total. The van der Waals surface area contributed by atoms with Crippen molar-refractivity contribution in [3.63, 3.8) is 0 Å². The van der Waals surface area contributed by atoms with E-state index in [2.05, 4.69) is 23.2 Å². The van der Waals surface area contributed by atoms with E-state index in [4.69, 9.17) is 14.2 Å². The molecule has 30 heavy (non-hydrogen) atoms. The van der Waals surface area contributed by atoms with Gasteiger partial charge in [-0.25, -0.2) is 0 Å². The molecule has 0 bridgehead atoms. The van der Waals surface area contributed by atoms with Gasteiger partial charge in [-0.05, 0) is 41.0 Å². The highest BCUT2D eigenvalue weighted by Gasteiger charge is 2.28. The Morgan fingerprint density at radius 2 is 1.73 bits per heavy atom. The van der Waals surface area contributed by atoms with E-state index < -0.39 is 0 Å². The fourth-order valence-electron chi connectivity index (χ4n) is 4.40. The number of nitrogens with one attached hydrogen (secondary N) is 1. The number of ether oxygens (including phenoxy) is 3. The van der Waals surface area contributed by atoms with Gasteiger partial charge < -0.3 is 24.1 Å². The molecule has 1 N–H and O–H groups in total. The Labute approximate surface area is 174 Å². The number of aromatic amines is 1. The highest BCUT2D eigenvalue weighted by atomic mass is 16.5. The summed E-state index contributed by atoms with van der Waals surface area (Å²) in [6.45, 7) is 0.654. The number of rotatable bonds is 4. The summed E-state index contributed by atoms with van der Waals surface area (Å²) in [5.74, 6) is 1.49. The smallest absolute Gasteiger partial charge is 0.274 e. The van der Waals surface area contributed by atoms with Crippen molar-refractivity contribution in [3.05, 3.63) is 59.8 Å². The van der Waals surface area contributed by atoms with Gasteiger partial charge in [-0.15, -0.1) is 0 Å². The number of hydrogen-bond acceptors (Lipinski definition) is 4. The fraction of sp³-hybridized carbons (Fsp3) is 0.208. The summed E-state index contributed by atoms with van der Waals surface area (Å²) in [5.41, 5.74) is 3.40. The van der Waals surface area contributed by atoms with E-state index in [1.54, 1.807) is 21.3 Å². The van der Waals surface area contributed by atoms with Crippen LogP contribution in [0, 0.1) is 0 Å². The summed E-state index contributed by atoms with van der Waals surface area (Å²) in [6, 6.07) is 16.1. The third-order valence-corrected chi connectivity index (χ3v) is 5.79. The predicted octanol–water partition coefficient (Wildman–Crippen LogP) is 4.55. The van der Waals surface area contributed by atoms with Crippen LogP contribution in [-0.4, -0.2) is 38.8 Å². The van der Waals surface area contributed by atoms with E-state index in [-0.39, 0.29) is 5.91 Å². The molecular weight excluding hydrogens is 380 g/mol. The summed E-state index contributed by atoms with van der Waals surface area (Å²) < 4.78 is 16.4. The summed E-state index contributed by atoms with van der Waals surface area (Å²) in [7, 11) is 4.71. The van der Waals surface area contributed by atoms with Crippen molar-refractivity contribution >= 4 is 33.3 Å². The topological polar surface area (TPSA) is 63.8 Å². The summed E-state index contributed by atoms with van der Waals surface area (Å²) in [6.07, 6.45) is 0.841. The van der Waals surface area contributed by atoms with Crippen LogP contribution in [0.1, 0.15) is 16.1 Å². The molecule has 0 aliphatic carbocycles. The van der Waals surface area contributed by atoms with Crippen molar-refractivity contribution in [2.24, 2.45) is 0 Å². The molecule has 0 spiro atoms. The number of H-pyrrole nitrogens is 1. The number of carbonyl (C=O) groups is 1. The Kier molecular flexibility index (Phi) is 4.28. The molecule has 0 fully saturated rings. The normalized spacial score (nSPS) is 13.0. The van der Waals surface area contributed by atoms with Gasteiger partial charge in [0.05, 0.1) is 26.8 Å². The van der Waals surface area contributed by atoms with Crippen molar-refractivity contribution in [2.75, 3.05) is 32.8 Å². The van der Waals surface area contributed by atoms with Gasteiger partial charge in [0, 0.05) is 17.6 Å². The number of aromatic nitrogens is 1. The van der Waals surface area contributed by atoms with E-state index in [0.29, 0.717) is 35.0 Å². The van der Waals surface area contributed by atoms with Gasteiger partial charge in [-0.1, -0.05) is 30.3 Å². The van der Waals surface area contributed by atoms with Gasteiger partial charge in [0.25, 0.3) is 5.91 Å². The maximum atomic E-state index is 13.4. The Hall–Kier alpha value is -3.67. The first-order chi connectivity index (χ1) is 14.7. The van der Waals surface area contributed by atoms with Gasteiger partial charge >= 0.3 is 0 Å². The van der Waals surface area contributed by atoms with Crippen LogP contribution in [0.2, 0.25) is 0 Å². The minimum absolute atomic E-state index is 0.0692. The molecule has 2 heterocycles. The summed E-state index contributed by atoms with van der Waals surface area (Å²) >= 11 is 0. The van der Waals surface area contributed by atoms with Gasteiger partial charge in [0.15, 0.2) is 11.5 Å². The maximum absolute atomic E-state index is 13.4. The highest BCUT2D eigenvalue weighted by molar-refractivity contribution is 6.10. The molecule has 0 saturated heterocycles. The fourth-order valence-corrected chi connectivity index (χ4v) is 4.40. The molecule has 1 aliphatic rings. The number of fused-ring (bicyclic) bond motifs is 4. The largest absolute Gasteiger partial charge is 0.493 e. The summed E-state index contributed by atoms with van der Waals surface area (Å²) in [5, 5.41) is 3.23. The molecule has 0 unspecified atom stereocenters. The van der Waals surface area contributed by atoms with Crippen LogP contribution in [0.4, 0.5) is 5.69 Å². The number of amides is 1. The predicted molar refractivity (Wildman–Crippen MR) is 117 cm³/mol. The van der Waals surface area contributed by atoms with Crippen molar-refractivity contribution in [2.45, 2.75) is 6.42 Å². The lowest BCUT2D eigenvalue weighted by atomic mass is 10.0. The molecule has 0 saturated carbocycles. The van der Waals surface area contributed by atoms with Crippen LogP contribution in [-0.2, 0) is 6.42 Å². The molecule has 1 amide bonds.